The highest BCUT2D eigenvalue weighted by Gasteiger charge is 2.14. The van der Waals surface area contributed by atoms with E-state index in [9.17, 15) is 0 Å². The second-order valence-corrected chi connectivity index (χ2v) is 7.60. The molecule has 150 valence electrons. The molecule has 3 nitrogen and oxygen atoms in total. The van der Waals surface area contributed by atoms with Crippen molar-refractivity contribution in [3.63, 3.8) is 0 Å². The first-order valence-corrected chi connectivity index (χ1v) is 10.5. The molecule has 4 aromatic carbocycles. The molecule has 0 radical (unpaired) electrons. The van der Waals surface area contributed by atoms with Crippen LogP contribution in [0.5, 0.6) is 0 Å². The molecule has 0 saturated carbocycles. The summed E-state index contributed by atoms with van der Waals surface area (Å²) in [6, 6.07) is 35.5. The molecule has 5 aromatic rings. The molecule has 3 heteroatoms. The van der Waals surface area contributed by atoms with Crippen LogP contribution in [0.3, 0.4) is 0 Å². The lowest BCUT2D eigenvalue weighted by Gasteiger charge is -2.07. The predicted octanol–water partition coefficient (Wildman–Crippen LogP) is 7.08. The van der Waals surface area contributed by atoms with Crippen molar-refractivity contribution < 1.29 is 0 Å². The topological polar surface area (TPSA) is 41.0 Å². The van der Waals surface area contributed by atoms with Gasteiger partial charge in [-0.1, -0.05) is 103 Å². The molecule has 0 saturated heterocycles. The summed E-state index contributed by atoms with van der Waals surface area (Å²) in [5, 5.41) is 0. The van der Waals surface area contributed by atoms with Crippen LogP contribution < -0.4 is 0 Å². The molecule has 1 atom stereocenters. The summed E-state index contributed by atoms with van der Waals surface area (Å²) in [6.07, 6.45) is 1.85. The number of hydrogen-bond acceptors (Lipinski definition) is 2. The number of nitrogens with one attached hydrogen (secondary N) is 1. The molecule has 5 rings (SSSR count). The number of aliphatic imine (C=N–C) groups is 1. The predicted molar refractivity (Wildman–Crippen MR) is 129 cm³/mol. The Balaban J connectivity index is 1.61. The second kappa shape index (κ2) is 8.41. The van der Waals surface area contributed by atoms with E-state index in [0.717, 1.165) is 39.1 Å². The Morgan fingerprint density at radius 3 is 1.90 bits per heavy atom. The zero-order valence-electron chi connectivity index (χ0n) is 17.4. The van der Waals surface area contributed by atoms with Crippen LogP contribution in [0.15, 0.2) is 108 Å². The van der Waals surface area contributed by atoms with Crippen LogP contribution in [0, 0.1) is 0 Å². The van der Waals surface area contributed by atoms with Gasteiger partial charge in [0.1, 0.15) is 5.82 Å². The first-order valence-electron chi connectivity index (χ1n) is 10.5. The minimum atomic E-state index is 0.0663. The van der Waals surface area contributed by atoms with E-state index >= 15 is 0 Å². The van der Waals surface area contributed by atoms with Gasteiger partial charge < -0.3 is 4.98 Å². The lowest BCUT2D eigenvalue weighted by atomic mass is 9.98. The summed E-state index contributed by atoms with van der Waals surface area (Å²) in [5.41, 5.74) is 7.74. The molecular formula is C28H23N3. The van der Waals surface area contributed by atoms with E-state index in [4.69, 9.17) is 9.98 Å². The van der Waals surface area contributed by atoms with E-state index in [1.54, 1.807) is 0 Å². The maximum Gasteiger partial charge on any atom is 0.149 e. The highest BCUT2D eigenvalue weighted by atomic mass is 14.9. The first-order chi connectivity index (χ1) is 15.3. The van der Waals surface area contributed by atoms with Crippen LogP contribution in [0.2, 0.25) is 0 Å². The third kappa shape index (κ3) is 3.90. The summed E-state index contributed by atoms with van der Waals surface area (Å²) >= 11 is 0. The van der Waals surface area contributed by atoms with Crippen molar-refractivity contribution in [3.05, 3.63) is 115 Å². The van der Waals surface area contributed by atoms with Gasteiger partial charge in [0.2, 0.25) is 0 Å². The molecule has 0 aliphatic rings. The summed E-state index contributed by atoms with van der Waals surface area (Å²) in [4.78, 5) is 13.2. The van der Waals surface area contributed by atoms with Gasteiger partial charge in [0.25, 0.3) is 0 Å². The summed E-state index contributed by atoms with van der Waals surface area (Å²) < 4.78 is 0. The summed E-state index contributed by atoms with van der Waals surface area (Å²) in [5.74, 6) is 0.762. The maximum absolute atomic E-state index is 4.94. The third-order valence-electron chi connectivity index (χ3n) is 5.54. The SMILES string of the molecule is CC(N=Cc1nc2c(-c3ccccc3)ccc(-c3ccccc3)c2[nH]1)c1ccccc1. The van der Waals surface area contributed by atoms with Crippen LogP contribution in [0.25, 0.3) is 33.3 Å². The molecule has 0 amide bonds. The average Bonchev–Trinajstić information content (AvgIpc) is 3.28. The number of benzene rings is 4. The van der Waals surface area contributed by atoms with Crippen LogP contribution in [-0.4, -0.2) is 16.2 Å². The lowest BCUT2D eigenvalue weighted by Crippen LogP contribution is -1.91. The van der Waals surface area contributed by atoms with Crippen LogP contribution >= 0.6 is 0 Å². The van der Waals surface area contributed by atoms with Gasteiger partial charge in [-0.25, -0.2) is 4.98 Å². The quantitative estimate of drug-likeness (QED) is 0.314. The third-order valence-corrected chi connectivity index (χ3v) is 5.54. The Kier molecular flexibility index (Phi) is 5.16. The number of aromatic nitrogens is 2. The first kappa shape index (κ1) is 19.0. The van der Waals surface area contributed by atoms with E-state index in [1.165, 1.54) is 5.56 Å². The Bertz CT molecular complexity index is 1240. The number of hydrogen-bond donors (Lipinski definition) is 1. The average molecular weight is 402 g/mol. The molecule has 0 bridgehead atoms. The van der Waals surface area contributed by atoms with Crippen LogP contribution in [0.1, 0.15) is 24.4 Å². The van der Waals surface area contributed by atoms with Crippen molar-refractivity contribution in [2.45, 2.75) is 13.0 Å². The molecule has 0 aliphatic carbocycles. The summed E-state index contributed by atoms with van der Waals surface area (Å²) in [7, 11) is 0. The van der Waals surface area contributed by atoms with Crippen molar-refractivity contribution in [1.29, 1.82) is 0 Å². The zero-order chi connectivity index (χ0) is 21.0. The molecule has 0 aliphatic heterocycles. The molecule has 1 aromatic heterocycles. The number of rotatable bonds is 5. The molecule has 1 N–H and O–H groups in total. The van der Waals surface area contributed by atoms with Gasteiger partial charge in [-0.05, 0) is 23.6 Å². The lowest BCUT2D eigenvalue weighted by molar-refractivity contribution is 0.824. The minimum absolute atomic E-state index is 0.0663. The van der Waals surface area contributed by atoms with E-state index in [-0.39, 0.29) is 6.04 Å². The Labute approximate surface area is 182 Å². The molecule has 1 heterocycles. The van der Waals surface area contributed by atoms with Crippen LogP contribution in [0.4, 0.5) is 0 Å². The number of aromatic amines is 1. The number of imidazole rings is 1. The molecule has 0 fully saturated rings. The van der Waals surface area contributed by atoms with Crippen molar-refractivity contribution >= 4 is 17.2 Å². The van der Waals surface area contributed by atoms with E-state index in [0.29, 0.717) is 0 Å². The normalized spacial score (nSPS) is 12.4. The van der Waals surface area contributed by atoms with Crippen molar-refractivity contribution in [3.8, 4) is 22.3 Å². The smallest absolute Gasteiger partial charge is 0.149 e. The van der Waals surface area contributed by atoms with Gasteiger partial charge in [0.15, 0.2) is 0 Å². The largest absolute Gasteiger partial charge is 0.337 e. The fourth-order valence-corrected chi connectivity index (χ4v) is 3.88. The van der Waals surface area contributed by atoms with Gasteiger partial charge in [-0.3, -0.25) is 4.99 Å². The molecular weight excluding hydrogens is 378 g/mol. The number of H-pyrrole nitrogens is 1. The van der Waals surface area contributed by atoms with Gasteiger partial charge in [0, 0.05) is 11.1 Å². The standard InChI is InChI=1S/C28H23N3/c1-20(21-11-5-2-6-12-21)29-19-26-30-27-24(22-13-7-3-8-14-22)17-18-25(28(27)31-26)23-15-9-4-10-16-23/h2-20H,1H3,(H,30,31). The van der Waals surface area contributed by atoms with Crippen molar-refractivity contribution in [2.24, 2.45) is 4.99 Å². The number of fused-ring (bicyclic) bond motifs is 1. The molecule has 0 spiro atoms. The van der Waals surface area contributed by atoms with Gasteiger partial charge in [-0.2, -0.15) is 0 Å². The van der Waals surface area contributed by atoms with E-state index in [2.05, 4.69) is 84.7 Å². The monoisotopic (exact) mass is 401 g/mol. The molecule has 1 unspecified atom stereocenters. The number of nitrogens with zero attached hydrogens (tertiary/aromatic N) is 2. The Morgan fingerprint density at radius 1 is 0.710 bits per heavy atom. The zero-order valence-corrected chi connectivity index (χ0v) is 17.4. The van der Waals surface area contributed by atoms with E-state index < -0.39 is 0 Å². The fourth-order valence-electron chi connectivity index (χ4n) is 3.88. The van der Waals surface area contributed by atoms with Gasteiger partial charge in [0.05, 0.1) is 23.3 Å². The maximum atomic E-state index is 4.94. The van der Waals surface area contributed by atoms with Crippen molar-refractivity contribution in [2.75, 3.05) is 0 Å². The Hall–Kier alpha value is -3.98. The van der Waals surface area contributed by atoms with Gasteiger partial charge in [-0.15, -0.1) is 0 Å². The minimum Gasteiger partial charge on any atom is -0.337 e. The summed E-state index contributed by atoms with van der Waals surface area (Å²) in [6.45, 7) is 2.10. The Morgan fingerprint density at radius 2 is 1.26 bits per heavy atom. The highest BCUT2D eigenvalue weighted by Crippen LogP contribution is 2.34. The molecule has 31 heavy (non-hydrogen) atoms. The fraction of sp³-hybridized carbons (Fsp3) is 0.0714. The van der Waals surface area contributed by atoms with Gasteiger partial charge >= 0.3 is 0 Å². The van der Waals surface area contributed by atoms with Crippen LogP contribution in [-0.2, 0) is 0 Å². The highest BCUT2D eigenvalue weighted by molar-refractivity contribution is 6.02. The van der Waals surface area contributed by atoms with E-state index in [1.807, 2.05) is 36.5 Å². The second-order valence-electron chi connectivity index (χ2n) is 7.60. The van der Waals surface area contributed by atoms with Crippen molar-refractivity contribution in [1.82, 2.24) is 9.97 Å².